The summed E-state index contributed by atoms with van der Waals surface area (Å²) in [5.74, 6) is 0. The summed E-state index contributed by atoms with van der Waals surface area (Å²) >= 11 is 1.76. The Bertz CT molecular complexity index is 5780. The van der Waals surface area contributed by atoms with E-state index in [2.05, 4.69) is 261 Å². The first-order valence-corrected chi connectivity index (χ1v) is 28.3. The first kappa shape index (κ1) is 44.8. The van der Waals surface area contributed by atoms with Gasteiger partial charge in [-0.25, -0.2) is 0 Å². The summed E-state index contributed by atoms with van der Waals surface area (Å²) in [7, 11) is 0. The molecule has 0 unspecified atom stereocenters. The van der Waals surface area contributed by atoms with Gasteiger partial charge in [0.1, 0.15) is 34.4 Å². The van der Waals surface area contributed by atoms with Gasteiger partial charge in [-0.3, -0.25) is 0 Å². The van der Waals surface area contributed by atoms with Gasteiger partial charge < -0.3 is 22.7 Å². The van der Waals surface area contributed by atoms with Crippen LogP contribution in [0.2, 0.25) is 0 Å². The molecule has 0 spiro atoms. The number of thiophene rings is 1. The zero-order valence-corrected chi connectivity index (χ0v) is 44.4. The molecule has 0 saturated heterocycles. The normalized spacial score (nSPS) is 12.1. The third-order valence-corrected chi connectivity index (χ3v) is 18.4. The fraction of sp³-hybridized carbons (Fsp3) is 0. The monoisotopic (exact) mass is 1060 g/mol. The summed E-state index contributed by atoms with van der Waals surface area (Å²) in [6.07, 6.45) is 0. The average molecular weight is 1060 g/mol. The predicted octanol–water partition coefficient (Wildman–Crippen LogP) is 19.8. The smallest absolute Gasteiger partial charge is 0.136 e. The summed E-state index contributed by atoms with van der Waals surface area (Å²) in [6, 6.07) is 91.1. The van der Waals surface area contributed by atoms with E-state index >= 15 is 0 Å². The largest absolute Gasteiger partial charge is 0.456 e. The minimum absolute atomic E-state index is 0.407. The Morgan fingerprint density at radius 2 is 0.659 bits per heavy atom. The lowest BCUT2D eigenvalue weighted by Crippen LogP contribution is -2.16. The lowest BCUT2D eigenvalue weighted by Gasteiger charge is -2.27. The van der Waals surface area contributed by atoms with Crippen LogP contribution < -0.4 is 0 Å². The van der Waals surface area contributed by atoms with Crippen LogP contribution >= 0.6 is 11.3 Å². The standard InChI is InChI=1S/C74H40N6OS/c75-41-55-69(77-57-29-9-1-19-43(57)44-20-2-10-30-58(44)77)70(78-59-31-11-3-21-45(59)46-22-4-12-32-60(46)78)56(42-76)72(71(55)79-61-33-13-5-23-47(61)48-24-6-14-34-62(48)79)80-63-35-17-27-50(51-28-18-37-65-68(51)53-26-7-15-36-64(53)81-65)67(63)54-40-39-52-49-25-8-16-38-66(49)82-74(52)73(54)80/h1-40H. The molecule has 0 amide bonds. The lowest BCUT2D eigenvalue weighted by molar-refractivity contribution is 0.669. The van der Waals surface area contributed by atoms with E-state index < -0.39 is 0 Å². The minimum Gasteiger partial charge on any atom is -0.456 e. The summed E-state index contributed by atoms with van der Waals surface area (Å²) in [5, 5.41) is 38.5. The number of aromatic nitrogens is 4. The number of nitriles is 2. The Hall–Kier alpha value is -11.2. The lowest BCUT2D eigenvalue weighted by atomic mass is 9.95. The molecule has 8 heteroatoms. The van der Waals surface area contributed by atoms with Crippen LogP contribution in [0.15, 0.2) is 247 Å². The average Bonchev–Trinajstić information content (AvgIpc) is 2.49. The van der Waals surface area contributed by atoms with Crippen molar-refractivity contribution < 1.29 is 4.42 Å². The molecule has 82 heavy (non-hydrogen) atoms. The van der Waals surface area contributed by atoms with Crippen molar-refractivity contribution in [1.29, 1.82) is 10.5 Å². The molecular weight excluding hydrogens is 1020 g/mol. The van der Waals surface area contributed by atoms with Gasteiger partial charge in [-0.05, 0) is 71.8 Å². The van der Waals surface area contributed by atoms with E-state index in [4.69, 9.17) is 4.42 Å². The number of rotatable bonds is 5. The second-order valence-corrected chi connectivity index (χ2v) is 22.3. The second kappa shape index (κ2) is 16.7. The Labute approximate surface area is 471 Å². The molecule has 6 heterocycles. The van der Waals surface area contributed by atoms with Crippen molar-refractivity contribution in [2.75, 3.05) is 0 Å². The van der Waals surface area contributed by atoms with Crippen LogP contribution in [0.25, 0.3) is 163 Å². The maximum Gasteiger partial charge on any atom is 0.136 e. The molecule has 7 nitrogen and oxygen atoms in total. The fourth-order valence-corrected chi connectivity index (χ4v) is 15.3. The summed E-state index contributed by atoms with van der Waals surface area (Å²) in [4.78, 5) is 0. The van der Waals surface area contributed by atoms with Gasteiger partial charge in [-0.15, -0.1) is 11.3 Å². The van der Waals surface area contributed by atoms with Crippen molar-refractivity contribution in [2.45, 2.75) is 0 Å². The molecule has 0 aliphatic heterocycles. The van der Waals surface area contributed by atoms with Gasteiger partial charge in [0, 0.05) is 69.3 Å². The number of hydrogen-bond donors (Lipinski definition) is 0. The number of nitrogens with zero attached hydrogens (tertiary/aromatic N) is 6. The Morgan fingerprint density at radius 3 is 1.15 bits per heavy atom. The van der Waals surface area contributed by atoms with Gasteiger partial charge in [-0.1, -0.05) is 182 Å². The second-order valence-electron chi connectivity index (χ2n) is 21.2. The van der Waals surface area contributed by atoms with E-state index in [9.17, 15) is 10.5 Å². The molecule has 0 saturated carbocycles. The zero-order valence-electron chi connectivity index (χ0n) is 43.6. The Kier molecular flexibility index (Phi) is 9.11. The van der Waals surface area contributed by atoms with Gasteiger partial charge >= 0.3 is 0 Å². The Morgan fingerprint density at radius 1 is 0.293 bits per heavy atom. The summed E-state index contributed by atoms with van der Waals surface area (Å²) < 4.78 is 18.0. The van der Waals surface area contributed by atoms with Crippen molar-refractivity contribution >= 4 is 141 Å². The maximum absolute atomic E-state index is 13.0. The molecule has 0 fully saturated rings. The van der Waals surface area contributed by atoms with E-state index in [-0.39, 0.29) is 0 Å². The molecule has 12 aromatic carbocycles. The molecule has 0 radical (unpaired) electrons. The van der Waals surface area contributed by atoms with Crippen LogP contribution in [0.5, 0.6) is 0 Å². The molecular formula is C74H40N6OS. The highest BCUT2D eigenvalue weighted by Crippen LogP contribution is 2.52. The number of hydrogen-bond acceptors (Lipinski definition) is 4. The summed E-state index contributed by atoms with van der Waals surface area (Å²) in [5.41, 5.74) is 14.3. The minimum atomic E-state index is 0.407. The third-order valence-electron chi connectivity index (χ3n) is 17.2. The molecule has 0 aliphatic rings. The zero-order chi connectivity index (χ0) is 53.9. The van der Waals surface area contributed by atoms with Crippen molar-refractivity contribution in [1.82, 2.24) is 18.3 Å². The van der Waals surface area contributed by atoms with Crippen LogP contribution in [0.4, 0.5) is 0 Å². The van der Waals surface area contributed by atoms with Crippen molar-refractivity contribution in [3.8, 4) is 46.0 Å². The van der Waals surface area contributed by atoms with E-state index in [1.807, 2.05) is 12.1 Å². The highest BCUT2D eigenvalue weighted by molar-refractivity contribution is 7.26. The molecule has 378 valence electrons. The molecule has 6 aromatic heterocycles. The van der Waals surface area contributed by atoms with Crippen LogP contribution in [-0.2, 0) is 0 Å². The van der Waals surface area contributed by atoms with Crippen molar-refractivity contribution in [3.63, 3.8) is 0 Å². The molecule has 0 N–H and O–H groups in total. The van der Waals surface area contributed by atoms with Crippen molar-refractivity contribution in [2.24, 2.45) is 0 Å². The third kappa shape index (κ3) is 5.79. The first-order valence-electron chi connectivity index (χ1n) is 27.5. The number of furan rings is 1. The van der Waals surface area contributed by atoms with Crippen LogP contribution in [0.3, 0.4) is 0 Å². The Balaban J connectivity index is 1.15. The quantitative estimate of drug-likeness (QED) is 0.172. The van der Waals surface area contributed by atoms with E-state index in [1.165, 1.54) is 0 Å². The number of para-hydroxylation sites is 7. The molecule has 0 bridgehead atoms. The highest BCUT2D eigenvalue weighted by atomic mass is 32.1. The highest BCUT2D eigenvalue weighted by Gasteiger charge is 2.35. The SMILES string of the molecule is N#Cc1c(-n2c3ccccc3c3ccccc32)c(-n2c3ccccc3c3ccccc32)c(C#N)c(-n2c3cccc(-c4cccc5oc6ccccc6c45)c3c3ccc4c5ccccc5sc4c32)c1-n1c2ccccc2c2ccccc21. The van der Waals surface area contributed by atoms with Gasteiger partial charge in [0.2, 0.25) is 0 Å². The van der Waals surface area contributed by atoms with Gasteiger partial charge in [0.15, 0.2) is 0 Å². The van der Waals surface area contributed by atoms with Crippen LogP contribution in [0.1, 0.15) is 11.1 Å². The predicted molar refractivity (Wildman–Crippen MR) is 339 cm³/mol. The molecule has 0 atom stereocenters. The van der Waals surface area contributed by atoms with Gasteiger partial charge in [-0.2, -0.15) is 10.5 Å². The van der Waals surface area contributed by atoms with Crippen LogP contribution in [-0.4, -0.2) is 18.3 Å². The number of fused-ring (bicyclic) bond motifs is 19. The summed E-state index contributed by atoms with van der Waals surface area (Å²) in [6.45, 7) is 0. The number of benzene rings is 12. The van der Waals surface area contributed by atoms with E-state index in [0.717, 1.165) is 140 Å². The molecule has 18 rings (SSSR count). The topological polar surface area (TPSA) is 80.4 Å². The molecule has 0 aliphatic carbocycles. The van der Waals surface area contributed by atoms with E-state index in [0.29, 0.717) is 33.9 Å². The van der Waals surface area contributed by atoms with Gasteiger partial charge in [0.25, 0.3) is 0 Å². The van der Waals surface area contributed by atoms with Crippen molar-refractivity contribution in [3.05, 3.63) is 254 Å². The maximum atomic E-state index is 13.0. The fourth-order valence-electron chi connectivity index (χ4n) is 14.1. The van der Waals surface area contributed by atoms with Gasteiger partial charge in [0.05, 0.1) is 71.6 Å². The molecule has 18 aromatic rings. The van der Waals surface area contributed by atoms with E-state index in [1.54, 1.807) is 11.3 Å². The van der Waals surface area contributed by atoms with Crippen LogP contribution in [0, 0.1) is 22.7 Å². The first-order chi connectivity index (χ1) is 40.7.